The van der Waals surface area contributed by atoms with E-state index in [2.05, 4.69) is 55.0 Å². The Hall–Kier alpha value is -1.74. The number of aromatic nitrogens is 2. The Morgan fingerprint density at radius 2 is 1.70 bits per heavy atom. The van der Waals surface area contributed by atoms with Crippen molar-refractivity contribution < 1.29 is 5.11 Å². The van der Waals surface area contributed by atoms with Crippen LogP contribution in [0.5, 0.6) is 0 Å². The van der Waals surface area contributed by atoms with Crippen LogP contribution in [-0.4, -0.2) is 15.1 Å². The van der Waals surface area contributed by atoms with Gasteiger partial charge in [-0.1, -0.05) is 45.0 Å². The number of rotatable bonds is 3. The summed E-state index contributed by atoms with van der Waals surface area (Å²) in [6.07, 6.45) is 3.27. The third-order valence-electron chi connectivity index (χ3n) is 3.39. The van der Waals surface area contributed by atoms with E-state index in [1.165, 1.54) is 5.56 Å². The van der Waals surface area contributed by atoms with E-state index >= 15 is 0 Å². The second-order valence-corrected chi connectivity index (χ2v) is 6.25. The third-order valence-corrected chi connectivity index (χ3v) is 3.39. The van der Waals surface area contributed by atoms with Crippen LogP contribution in [0.15, 0.2) is 36.7 Å². The summed E-state index contributed by atoms with van der Waals surface area (Å²) < 4.78 is 0. The van der Waals surface area contributed by atoms with Gasteiger partial charge in [-0.2, -0.15) is 0 Å². The van der Waals surface area contributed by atoms with Gasteiger partial charge < -0.3 is 5.11 Å². The molecular weight excluding hydrogens is 248 g/mol. The fraction of sp³-hybridized carbons (Fsp3) is 0.412. The van der Waals surface area contributed by atoms with Gasteiger partial charge in [-0.25, -0.2) is 0 Å². The van der Waals surface area contributed by atoms with Gasteiger partial charge in [-0.3, -0.25) is 9.97 Å². The van der Waals surface area contributed by atoms with E-state index in [1.54, 1.807) is 12.4 Å². The third kappa shape index (κ3) is 3.64. The molecule has 0 aliphatic heterocycles. The van der Waals surface area contributed by atoms with Crippen molar-refractivity contribution in [2.75, 3.05) is 0 Å². The fourth-order valence-corrected chi connectivity index (χ4v) is 2.04. The van der Waals surface area contributed by atoms with E-state index in [0.717, 1.165) is 11.3 Å². The smallest absolute Gasteiger partial charge is 0.102 e. The molecule has 3 heteroatoms. The highest BCUT2D eigenvalue weighted by Crippen LogP contribution is 2.23. The summed E-state index contributed by atoms with van der Waals surface area (Å²) in [7, 11) is 0. The monoisotopic (exact) mass is 270 g/mol. The van der Waals surface area contributed by atoms with Crippen LogP contribution >= 0.6 is 0 Å². The Morgan fingerprint density at radius 3 is 2.20 bits per heavy atom. The number of hydrogen-bond donors (Lipinski definition) is 1. The minimum absolute atomic E-state index is 0.152. The Balaban J connectivity index is 2.08. The molecule has 20 heavy (non-hydrogen) atoms. The maximum atomic E-state index is 10.2. The Labute approximate surface area is 120 Å². The molecule has 1 aromatic carbocycles. The number of aliphatic hydroxyl groups is 1. The summed E-state index contributed by atoms with van der Waals surface area (Å²) in [4.78, 5) is 8.38. The largest absolute Gasteiger partial charge is 0.386 e. The highest BCUT2D eigenvalue weighted by molar-refractivity contribution is 5.28. The van der Waals surface area contributed by atoms with E-state index < -0.39 is 6.10 Å². The Bertz CT molecular complexity index is 553. The van der Waals surface area contributed by atoms with Crippen LogP contribution in [0.1, 0.15) is 49.4 Å². The highest BCUT2D eigenvalue weighted by atomic mass is 16.3. The summed E-state index contributed by atoms with van der Waals surface area (Å²) in [5.41, 5.74) is 4.03. The molecule has 0 amide bonds. The summed E-state index contributed by atoms with van der Waals surface area (Å²) in [6.45, 7) is 8.46. The van der Waals surface area contributed by atoms with Gasteiger partial charge in [0, 0.05) is 12.6 Å². The molecular formula is C17H22N2O. The van der Waals surface area contributed by atoms with E-state index in [0.29, 0.717) is 12.1 Å². The number of nitrogens with zero attached hydrogens (tertiary/aromatic N) is 2. The molecule has 0 fully saturated rings. The maximum Gasteiger partial charge on any atom is 0.102 e. The van der Waals surface area contributed by atoms with Crippen molar-refractivity contribution in [3.8, 4) is 0 Å². The van der Waals surface area contributed by atoms with Gasteiger partial charge in [0.05, 0.1) is 17.6 Å². The Kier molecular flexibility index (Phi) is 4.19. The van der Waals surface area contributed by atoms with Gasteiger partial charge in [0.25, 0.3) is 0 Å². The lowest BCUT2D eigenvalue weighted by Gasteiger charge is -2.19. The molecule has 2 rings (SSSR count). The number of hydrogen-bond acceptors (Lipinski definition) is 3. The average Bonchev–Trinajstić information content (AvgIpc) is 2.39. The second kappa shape index (κ2) is 5.71. The van der Waals surface area contributed by atoms with Crippen LogP contribution < -0.4 is 0 Å². The molecule has 0 saturated heterocycles. The lowest BCUT2D eigenvalue weighted by atomic mass is 9.86. The molecule has 0 aliphatic rings. The van der Waals surface area contributed by atoms with Crippen molar-refractivity contribution in [3.05, 3.63) is 59.2 Å². The normalized spacial score (nSPS) is 13.2. The molecule has 0 saturated carbocycles. The first-order valence-corrected chi connectivity index (χ1v) is 6.92. The quantitative estimate of drug-likeness (QED) is 0.930. The first-order valence-electron chi connectivity index (χ1n) is 6.92. The summed E-state index contributed by atoms with van der Waals surface area (Å²) in [5, 5.41) is 10.2. The van der Waals surface area contributed by atoms with Crippen LogP contribution in [0.4, 0.5) is 0 Å². The lowest BCUT2D eigenvalue weighted by molar-refractivity contribution is 0.173. The molecule has 3 nitrogen and oxygen atoms in total. The molecule has 2 aromatic rings. The van der Waals surface area contributed by atoms with E-state index in [-0.39, 0.29) is 5.41 Å². The molecule has 1 unspecified atom stereocenters. The fourth-order valence-electron chi connectivity index (χ4n) is 2.04. The first-order chi connectivity index (χ1) is 9.36. The van der Waals surface area contributed by atoms with Gasteiger partial charge in [0.15, 0.2) is 0 Å². The number of aliphatic hydroxyl groups excluding tert-OH is 1. The van der Waals surface area contributed by atoms with Crippen molar-refractivity contribution >= 4 is 0 Å². The second-order valence-electron chi connectivity index (χ2n) is 6.25. The molecule has 0 aliphatic carbocycles. The van der Waals surface area contributed by atoms with Crippen molar-refractivity contribution in [2.24, 2.45) is 0 Å². The van der Waals surface area contributed by atoms with Crippen molar-refractivity contribution in [1.29, 1.82) is 0 Å². The van der Waals surface area contributed by atoms with Crippen molar-refractivity contribution in [3.63, 3.8) is 0 Å². The lowest BCUT2D eigenvalue weighted by Crippen LogP contribution is -2.11. The van der Waals surface area contributed by atoms with E-state index in [9.17, 15) is 5.11 Å². The molecule has 0 spiro atoms. The molecule has 0 radical (unpaired) electrons. The average molecular weight is 270 g/mol. The zero-order valence-corrected chi connectivity index (χ0v) is 12.6. The first kappa shape index (κ1) is 14.7. The predicted octanol–water partition coefficient (Wildman–Crippen LogP) is 3.36. The van der Waals surface area contributed by atoms with Gasteiger partial charge in [0.2, 0.25) is 0 Å². The van der Waals surface area contributed by atoms with Crippen LogP contribution in [0.3, 0.4) is 0 Å². The maximum absolute atomic E-state index is 10.2. The SMILES string of the molecule is Cc1cnc(C(O)Cc2ccc(C(C)(C)C)cc2)cn1. The summed E-state index contributed by atoms with van der Waals surface area (Å²) in [5.74, 6) is 0. The number of aryl methyl sites for hydroxylation is 1. The van der Waals surface area contributed by atoms with Gasteiger partial charge in [0.1, 0.15) is 6.10 Å². The van der Waals surface area contributed by atoms with Crippen LogP contribution in [0.25, 0.3) is 0 Å². The summed E-state index contributed by atoms with van der Waals surface area (Å²) >= 11 is 0. The predicted molar refractivity (Wildman–Crippen MR) is 80.6 cm³/mol. The Morgan fingerprint density at radius 1 is 1.05 bits per heavy atom. The van der Waals surface area contributed by atoms with Crippen LogP contribution in [0.2, 0.25) is 0 Å². The van der Waals surface area contributed by atoms with Crippen molar-refractivity contribution in [1.82, 2.24) is 9.97 Å². The van der Waals surface area contributed by atoms with Gasteiger partial charge in [-0.05, 0) is 23.5 Å². The molecule has 1 N–H and O–H groups in total. The zero-order chi connectivity index (χ0) is 14.8. The van der Waals surface area contributed by atoms with E-state index in [1.807, 2.05) is 6.92 Å². The molecule has 1 aromatic heterocycles. The molecule has 106 valence electrons. The van der Waals surface area contributed by atoms with Crippen LogP contribution in [-0.2, 0) is 11.8 Å². The molecule has 1 atom stereocenters. The van der Waals surface area contributed by atoms with Crippen LogP contribution in [0, 0.1) is 6.92 Å². The van der Waals surface area contributed by atoms with E-state index in [4.69, 9.17) is 0 Å². The molecule has 0 bridgehead atoms. The standard InChI is InChI=1S/C17H22N2O/c1-12-10-19-15(11-18-12)16(20)9-13-5-7-14(8-6-13)17(2,3)4/h5-8,10-11,16,20H,9H2,1-4H3. The zero-order valence-electron chi connectivity index (χ0n) is 12.6. The minimum Gasteiger partial charge on any atom is -0.386 e. The minimum atomic E-state index is -0.608. The highest BCUT2D eigenvalue weighted by Gasteiger charge is 2.14. The summed E-state index contributed by atoms with van der Waals surface area (Å²) in [6, 6.07) is 8.41. The number of benzene rings is 1. The topological polar surface area (TPSA) is 46.0 Å². The van der Waals surface area contributed by atoms with Crippen molar-refractivity contribution in [2.45, 2.75) is 45.6 Å². The van der Waals surface area contributed by atoms with Gasteiger partial charge >= 0.3 is 0 Å². The van der Waals surface area contributed by atoms with Gasteiger partial charge in [-0.15, -0.1) is 0 Å². The molecule has 1 heterocycles.